The minimum Gasteiger partial charge on any atom is -0.323 e. The number of nitrogens with zero attached hydrogens (tertiary/aromatic N) is 3. The van der Waals surface area contributed by atoms with Crippen molar-refractivity contribution in [2.45, 2.75) is 42.2 Å². The molecule has 8 nitrogen and oxygen atoms in total. The third kappa shape index (κ3) is 3.21. The van der Waals surface area contributed by atoms with Gasteiger partial charge in [-0.05, 0) is 44.9 Å². The number of piperidine rings is 2. The van der Waals surface area contributed by atoms with Gasteiger partial charge in [-0.25, -0.2) is 13.2 Å². The molecule has 1 aromatic rings. The van der Waals surface area contributed by atoms with Crippen LogP contribution >= 0.6 is 0 Å². The van der Waals surface area contributed by atoms with Crippen LogP contribution in [-0.2, 0) is 14.8 Å². The van der Waals surface area contributed by atoms with Gasteiger partial charge < -0.3 is 10.2 Å². The van der Waals surface area contributed by atoms with Crippen molar-refractivity contribution in [1.29, 1.82) is 0 Å². The first kappa shape index (κ1) is 19.4. The van der Waals surface area contributed by atoms with Crippen LogP contribution < -0.4 is 5.32 Å². The Kier molecular flexibility index (Phi) is 4.93. The van der Waals surface area contributed by atoms with Crippen molar-refractivity contribution in [3.8, 4) is 0 Å². The molecule has 3 aliphatic heterocycles. The summed E-state index contributed by atoms with van der Waals surface area (Å²) in [6.07, 6.45) is 2.15. The molecule has 0 saturated carbocycles. The topological polar surface area (TPSA) is 90.0 Å². The van der Waals surface area contributed by atoms with Crippen LogP contribution in [0.4, 0.5) is 4.79 Å². The molecule has 3 saturated heterocycles. The zero-order valence-electron chi connectivity index (χ0n) is 16.0. The number of likely N-dealkylation sites (tertiary alicyclic amines) is 1. The molecule has 4 rings (SSSR count). The minimum atomic E-state index is -3.55. The minimum absolute atomic E-state index is 0.144. The number of hydrogen-bond donors (Lipinski definition) is 1. The summed E-state index contributed by atoms with van der Waals surface area (Å²) in [4.78, 5) is 29.5. The fraction of sp³-hybridized carbons (Fsp3) is 0.579. The van der Waals surface area contributed by atoms with Crippen molar-refractivity contribution < 1.29 is 18.0 Å². The maximum absolute atomic E-state index is 13.1. The Hall–Kier alpha value is -1.97. The lowest BCUT2D eigenvalue weighted by atomic mass is 9.87. The van der Waals surface area contributed by atoms with Crippen LogP contribution in [-0.4, -0.2) is 79.3 Å². The Balaban J connectivity index is 1.44. The Bertz CT molecular complexity index is 857. The average Bonchev–Trinajstić information content (AvgIpc) is 2.95. The van der Waals surface area contributed by atoms with Gasteiger partial charge in [-0.1, -0.05) is 18.2 Å². The van der Waals surface area contributed by atoms with E-state index in [4.69, 9.17) is 0 Å². The maximum Gasteiger partial charge on any atom is 0.325 e. The van der Waals surface area contributed by atoms with Crippen LogP contribution in [0, 0.1) is 0 Å². The number of amides is 3. The first-order valence-corrected chi connectivity index (χ1v) is 11.2. The van der Waals surface area contributed by atoms with Gasteiger partial charge in [-0.15, -0.1) is 0 Å². The molecule has 28 heavy (non-hydrogen) atoms. The van der Waals surface area contributed by atoms with Crippen molar-refractivity contribution in [2.24, 2.45) is 0 Å². The first-order chi connectivity index (χ1) is 13.3. The highest BCUT2D eigenvalue weighted by molar-refractivity contribution is 7.89. The molecule has 1 spiro atoms. The molecule has 0 aromatic heterocycles. The third-order valence-electron chi connectivity index (χ3n) is 6.20. The molecular formula is C19H26N4O4S. The second-order valence-electron chi connectivity index (χ2n) is 7.94. The van der Waals surface area contributed by atoms with Gasteiger partial charge in [0.1, 0.15) is 5.54 Å². The molecule has 3 heterocycles. The second kappa shape index (κ2) is 7.13. The van der Waals surface area contributed by atoms with Gasteiger partial charge in [0.05, 0.1) is 4.90 Å². The lowest BCUT2D eigenvalue weighted by Gasteiger charge is -2.37. The smallest absolute Gasteiger partial charge is 0.323 e. The number of urea groups is 1. The summed E-state index contributed by atoms with van der Waals surface area (Å²) in [5.74, 6) is -0.144. The maximum atomic E-state index is 13.1. The molecular weight excluding hydrogens is 380 g/mol. The van der Waals surface area contributed by atoms with Gasteiger partial charge in [-0.3, -0.25) is 9.69 Å². The molecule has 3 fully saturated rings. The molecule has 3 amide bonds. The summed E-state index contributed by atoms with van der Waals surface area (Å²) < 4.78 is 27.0. The van der Waals surface area contributed by atoms with Crippen LogP contribution in [0.3, 0.4) is 0 Å². The fourth-order valence-corrected chi connectivity index (χ4v) is 5.88. The summed E-state index contributed by atoms with van der Waals surface area (Å²) in [7, 11) is -1.54. The molecule has 152 valence electrons. The first-order valence-electron chi connectivity index (χ1n) is 9.73. The van der Waals surface area contributed by atoms with E-state index in [2.05, 4.69) is 10.2 Å². The molecule has 0 atom stereocenters. The van der Waals surface area contributed by atoms with Gasteiger partial charge in [0.15, 0.2) is 0 Å². The number of nitrogens with one attached hydrogen (secondary N) is 1. The Morgan fingerprint density at radius 3 is 2.21 bits per heavy atom. The lowest BCUT2D eigenvalue weighted by molar-refractivity contribution is -0.134. The van der Waals surface area contributed by atoms with Crippen molar-refractivity contribution >= 4 is 22.0 Å². The van der Waals surface area contributed by atoms with E-state index in [0.717, 1.165) is 13.1 Å². The van der Waals surface area contributed by atoms with Crippen molar-refractivity contribution in [1.82, 2.24) is 19.4 Å². The van der Waals surface area contributed by atoms with Gasteiger partial charge >= 0.3 is 6.03 Å². The third-order valence-corrected chi connectivity index (χ3v) is 8.12. The van der Waals surface area contributed by atoms with Crippen LogP contribution in [0.25, 0.3) is 0 Å². The van der Waals surface area contributed by atoms with Crippen molar-refractivity contribution in [2.75, 3.05) is 33.2 Å². The largest absolute Gasteiger partial charge is 0.325 e. The Labute approximate surface area is 165 Å². The van der Waals surface area contributed by atoms with Crippen molar-refractivity contribution in [3.05, 3.63) is 30.3 Å². The summed E-state index contributed by atoms with van der Waals surface area (Å²) in [5.41, 5.74) is -0.781. The monoisotopic (exact) mass is 406 g/mol. The number of rotatable bonds is 3. The summed E-state index contributed by atoms with van der Waals surface area (Å²) in [6, 6.07) is 7.77. The number of carbonyl (C=O) groups excluding carboxylic acids is 2. The molecule has 0 radical (unpaired) electrons. The van der Waals surface area contributed by atoms with Gasteiger partial charge in [0.2, 0.25) is 10.0 Å². The standard InChI is InChI=1S/C19H26N4O4S/c1-21-13-9-19(10-14-21)17(24)23(18(25)20-19)15-7-11-22(12-8-15)28(26,27)16-5-3-2-4-6-16/h2-6,15H,7-14H2,1H3,(H,20,25). The zero-order chi connectivity index (χ0) is 19.9. The van der Waals surface area contributed by atoms with Crippen LogP contribution in [0.2, 0.25) is 0 Å². The number of carbonyl (C=O) groups is 2. The summed E-state index contributed by atoms with van der Waals surface area (Å²) in [6.45, 7) is 2.14. The van der Waals surface area contributed by atoms with E-state index >= 15 is 0 Å². The highest BCUT2D eigenvalue weighted by Gasteiger charge is 2.54. The van der Waals surface area contributed by atoms with Crippen LogP contribution in [0.5, 0.6) is 0 Å². The summed E-state index contributed by atoms with van der Waals surface area (Å²) in [5, 5.41) is 2.93. The lowest BCUT2D eigenvalue weighted by Crippen LogP contribution is -2.55. The molecule has 0 aliphatic carbocycles. The van der Waals surface area contributed by atoms with Gasteiger partial charge in [-0.2, -0.15) is 4.31 Å². The highest BCUT2D eigenvalue weighted by Crippen LogP contribution is 2.33. The van der Waals surface area contributed by atoms with Crippen molar-refractivity contribution in [3.63, 3.8) is 0 Å². The Morgan fingerprint density at radius 1 is 1.00 bits per heavy atom. The average molecular weight is 407 g/mol. The molecule has 0 unspecified atom stereocenters. The van der Waals surface area contributed by atoms with E-state index in [0.29, 0.717) is 38.8 Å². The zero-order valence-corrected chi connectivity index (χ0v) is 16.8. The summed E-state index contributed by atoms with van der Waals surface area (Å²) >= 11 is 0. The second-order valence-corrected chi connectivity index (χ2v) is 9.88. The predicted molar refractivity (Wildman–Crippen MR) is 103 cm³/mol. The number of imide groups is 1. The van der Waals surface area contributed by atoms with Gasteiger partial charge in [0, 0.05) is 32.2 Å². The van der Waals surface area contributed by atoms with Gasteiger partial charge in [0.25, 0.3) is 5.91 Å². The predicted octanol–water partition coefficient (Wildman–Crippen LogP) is 0.856. The normalized spacial score (nSPS) is 24.7. The van der Waals surface area contributed by atoms with E-state index in [9.17, 15) is 18.0 Å². The molecule has 9 heteroatoms. The number of hydrogen-bond acceptors (Lipinski definition) is 5. The van der Waals surface area contributed by atoms with E-state index in [1.807, 2.05) is 7.05 Å². The van der Waals surface area contributed by atoms with Crippen LogP contribution in [0.1, 0.15) is 25.7 Å². The highest BCUT2D eigenvalue weighted by atomic mass is 32.2. The SMILES string of the molecule is CN1CCC2(CC1)NC(=O)N(C1CCN(S(=O)(=O)c3ccccc3)CC1)C2=O. The fourth-order valence-electron chi connectivity index (χ4n) is 4.39. The van der Waals surface area contributed by atoms with E-state index in [1.54, 1.807) is 30.3 Å². The Morgan fingerprint density at radius 2 is 1.61 bits per heavy atom. The van der Waals surface area contributed by atoms with E-state index < -0.39 is 15.6 Å². The number of sulfonamides is 1. The quantitative estimate of drug-likeness (QED) is 0.752. The number of benzene rings is 1. The molecule has 1 aromatic carbocycles. The molecule has 0 bridgehead atoms. The molecule has 1 N–H and O–H groups in total. The van der Waals surface area contributed by atoms with Crippen LogP contribution in [0.15, 0.2) is 35.2 Å². The van der Waals surface area contributed by atoms with E-state index in [-0.39, 0.29) is 22.9 Å². The molecule has 3 aliphatic rings. The van der Waals surface area contributed by atoms with E-state index in [1.165, 1.54) is 9.21 Å².